The second kappa shape index (κ2) is 8.35. The lowest BCUT2D eigenvalue weighted by Crippen LogP contribution is -2.39. The number of nitrogens with one attached hydrogen (secondary N) is 1. The van der Waals surface area contributed by atoms with Gasteiger partial charge in [-0.05, 0) is 48.6 Å². The van der Waals surface area contributed by atoms with E-state index < -0.39 is 17.6 Å². The molecule has 29 heavy (non-hydrogen) atoms. The predicted molar refractivity (Wildman–Crippen MR) is 108 cm³/mol. The quantitative estimate of drug-likeness (QED) is 0.734. The van der Waals surface area contributed by atoms with Crippen molar-refractivity contribution in [2.75, 3.05) is 30.4 Å². The van der Waals surface area contributed by atoms with Crippen molar-refractivity contribution in [2.45, 2.75) is 26.4 Å². The van der Waals surface area contributed by atoms with Crippen LogP contribution in [-0.2, 0) is 6.18 Å². The summed E-state index contributed by atoms with van der Waals surface area (Å²) in [6.07, 6.45) is -3.55. The van der Waals surface area contributed by atoms with Gasteiger partial charge in [-0.2, -0.15) is 13.2 Å². The van der Waals surface area contributed by atoms with E-state index in [1.165, 1.54) is 19.2 Å². The highest BCUT2D eigenvalue weighted by molar-refractivity contribution is 6.04. The van der Waals surface area contributed by atoms with Crippen LogP contribution in [0.3, 0.4) is 0 Å². The van der Waals surface area contributed by atoms with Crippen LogP contribution >= 0.6 is 0 Å². The highest BCUT2D eigenvalue weighted by Gasteiger charge is 2.37. The van der Waals surface area contributed by atoms with Crippen molar-refractivity contribution in [2.24, 2.45) is 11.8 Å². The van der Waals surface area contributed by atoms with E-state index in [2.05, 4.69) is 5.32 Å². The largest absolute Gasteiger partial charge is 0.497 e. The third-order valence-corrected chi connectivity index (χ3v) is 5.10. The molecule has 0 radical (unpaired) electrons. The zero-order valence-electron chi connectivity index (χ0n) is 16.7. The number of rotatable bonds is 4. The molecule has 0 bridgehead atoms. The number of alkyl halides is 3. The average molecular weight is 406 g/mol. The number of amides is 1. The van der Waals surface area contributed by atoms with Gasteiger partial charge in [-0.25, -0.2) is 0 Å². The predicted octanol–water partition coefficient (Wildman–Crippen LogP) is 5.45. The highest BCUT2D eigenvalue weighted by Crippen LogP contribution is 2.39. The maximum atomic E-state index is 13.8. The summed E-state index contributed by atoms with van der Waals surface area (Å²) >= 11 is 0. The van der Waals surface area contributed by atoms with E-state index in [-0.39, 0.29) is 11.3 Å². The van der Waals surface area contributed by atoms with Gasteiger partial charge in [0.25, 0.3) is 5.91 Å². The number of nitrogens with zero attached hydrogens (tertiary/aromatic N) is 1. The van der Waals surface area contributed by atoms with E-state index in [1.807, 2.05) is 13.8 Å². The van der Waals surface area contributed by atoms with Gasteiger partial charge in [-0.15, -0.1) is 0 Å². The standard InChI is InChI=1S/C22H25F3N2O2/c1-14-9-15(2)13-27(12-14)20-8-7-16(10-19(20)22(23,24)25)21(28)26-17-5-4-6-18(11-17)29-3/h4-8,10-11,14-15H,9,12-13H2,1-3H3,(H,26,28). The van der Waals surface area contributed by atoms with Crippen LogP contribution in [0.25, 0.3) is 0 Å². The number of halogens is 3. The number of carbonyl (C=O) groups is 1. The average Bonchev–Trinajstić information content (AvgIpc) is 2.66. The molecule has 2 atom stereocenters. The molecule has 4 nitrogen and oxygen atoms in total. The van der Waals surface area contributed by atoms with E-state index in [4.69, 9.17) is 4.74 Å². The molecule has 2 aromatic carbocycles. The molecule has 1 fully saturated rings. The number of benzene rings is 2. The normalized spacial score (nSPS) is 19.7. The summed E-state index contributed by atoms with van der Waals surface area (Å²) < 4.78 is 46.5. The van der Waals surface area contributed by atoms with Crippen LogP contribution < -0.4 is 15.0 Å². The molecular weight excluding hydrogens is 381 g/mol. The second-order valence-electron chi connectivity index (χ2n) is 7.77. The first-order valence-corrected chi connectivity index (χ1v) is 9.59. The molecule has 0 aromatic heterocycles. The first-order valence-electron chi connectivity index (χ1n) is 9.59. The summed E-state index contributed by atoms with van der Waals surface area (Å²) in [6.45, 7) is 5.24. The van der Waals surface area contributed by atoms with Crippen molar-refractivity contribution >= 4 is 17.3 Å². The maximum Gasteiger partial charge on any atom is 0.418 e. The Morgan fingerprint density at radius 1 is 1.10 bits per heavy atom. The van der Waals surface area contributed by atoms with Crippen LogP contribution in [0, 0.1) is 11.8 Å². The Hall–Kier alpha value is -2.70. The molecule has 1 heterocycles. The number of methoxy groups -OCH3 is 1. The lowest BCUT2D eigenvalue weighted by Gasteiger charge is -2.38. The molecule has 1 aliphatic rings. The van der Waals surface area contributed by atoms with Gasteiger partial charge in [0.2, 0.25) is 0 Å². The van der Waals surface area contributed by atoms with Crippen molar-refractivity contribution in [3.8, 4) is 5.75 Å². The van der Waals surface area contributed by atoms with Gasteiger partial charge in [0, 0.05) is 36.1 Å². The fraction of sp³-hybridized carbons (Fsp3) is 0.409. The molecule has 0 saturated carbocycles. The molecule has 2 unspecified atom stereocenters. The van der Waals surface area contributed by atoms with Crippen LogP contribution in [0.4, 0.5) is 24.5 Å². The molecule has 3 rings (SSSR count). The fourth-order valence-electron chi connectivity index (χ4n) is 3.94. The second-order valence-corrected chi connectivity index (χ2v) is 7.77. The minimum atomic E-state index is -4.55. The van der Waals surface area contributed by atoms with Crippen LogP contribution in [-0.4, -0.2) is 26.1 Å². The number of ether oxygens (including phenoxy) is 1. The fourth-order valence-corrected chi connectivity index (χ4v) is 3.94. The Morgan fingerprint density at radius 2 is 1.79 bits per heavy atom. The molecule has 1 aliphatic heterocycles. The molecule has 1 N–H and O–H groups in total. The molecule has 1 saturated heterocycles. The van der Waals surface area contributed by atoms with Gasteiger partial charge >= 0.3 is 6.18 Å². The summed E-state index contributed by atoms with van der Waals surface area (Å²) in [5.41, 5.74) is -0.237. The Bertz CT molecular complexity index is 873. The van der Waals surface area contributed by atoms with Gasteiger partial charge in [0.15, 0.2) is 0 Å². The van der Waals surface area contributed by atoms with Crippen LogP contribution in [0.5, 0.6) is 5.75 Å². The Balaban J connectivity index is 1.90. The smallest absolute Gasteiger partial charge is 0.418 e. The number of carbonyl (C=O) groups excluding carboxylic acids is 1. The van der Waals surface area contributed by atoms with Gasteiger partial charge in [0.1, 0.15) is 5.75 Å². The summed E-state index contributed by atoms with van der Waals surface area (Å²) in [4.78, 5) is 14.3. The van der Waals surface area contributed by atoms with E-state index in [9.17, 15) is 18.0 Å². The van der Waals surface area contributed by atoms with Crippen molar-refractivity contribution in [1.29, 1.82) is 0 Å². The minimum Gasteiger partial charge on any atom is -0.497 e. The van der Waals surface area contributed by atoms with Crippen molar-refractivity contribution < 1.29 is 22.7 Å². The number of hydrogen-bond donors (Lipinski definition) is 1. The lowest BCUT2D eigenvalue weighted by atomic mass is 9.91. The zero-order chi connectivity index (χ0) is 21.2. The van der Waals surface area contributed by atoms with Gasteiger partial charge in [-0.3, -0.25) is 4.79 Å². The third kappa shape index (κ3) is 5.02. The summed E-state index contributed by atoms with van der Waals surface area (Å²) in [7, 11) is 1.50. The monoisotopic (exact) mass is 406 g/mol. The molecule has 7 heteroatoms. The third-order valence-electron chi connectivity index (χ3n) is 5.10. The van der Waals surface area contributed by atoms with Crippen LogP contribution in [0.15, 0.2) is 42.5 Å². The zero-order valence-corrected chi connectivity index (χ0v) is 16.7. The Kier molecular flexibility index (Phi) is 6.05. The molecule has 0 aliphatic carbocycles. The van der Waals surface area contributed by atoms with Gasteiger partial charge in [-0.1, -0.05) is 19.9 Å². The first kappa shape index (κ1) is 21.0. The number of hydrogen-bond acceptors (Lipinski definition) is 3. The van der Waals surface area contributed by atoms with Crippen molar-refractivity contribution in [3.63, 3.8) is 0 Å². The van der Waals surface area contributed by atoms with Gasteiger partial charge < -0.3 is 15.0 Å². The molecule has 2 aromatic rings. The highest BCUT2D eigenvalue weighted by atomic mass is 19.4. The molecular formula is C22H25F3N2O2. The SMILES string of the molecule is COc1cccc(NC(=O)c2ccc(N3CC(C)CC(C)C3)c(C(F)(F)F)c2)c1. The topological polar surface area (TPSA) is 41.6 Å². The van der Waals surface area contributed by atoms with Crippen LogP contribution in [0.2, 0.25) is 0 Å². The van der Waals surface area contributed by atoms with Gasteiger partial charge in [0.05, 0.1) is 12.7 Å². The maximum absolute atomic E-state index is 13.8. The van der Waals surface area contributed by atoms with Crippen LogP contribution in [0.1, 0.15) is 36.2 Å². The van der Waals surface area contributed by atoms with E-state index >= 15 is 0 Å². The molecule has 156 valence electrons. The Labute approximate surface area is 168 Å². The lowest BCUT2D eigenvalue weighted by molar-refractivity contribution is -0.137. The molecule has 1 amide bonds. The summed E-state index contributed by atoms with van der Waals surface area (Å²) in [5, 5.41) is 2.62. The number of anilines is 2. The summed E-state index contributed by atoms with van der Waals surface area (Å²) in [6, 6.07) is 10.5. The minimum absolute atomic E-state index is 0.0398. The van der Waals surface area contributed by atoms with E-state index in [0.717, 1.165) is 12.5 Å². The van der Waals surface area contributed by atoms with Crippen molar-refractivity contribution in [1.82, 2.24) is 0 Å². The number of piperidine rings is 1. The Morgan fingerprint density at radius 3 is 2.41 bits per heavy atom. The summed E-state index contributed by atoms with van der Waals surface area (Å²) in [5.74, 6) is 0.574. The first-order chi connectivity index (χ1) is 13.7. The van der Waals surface area contributed by atoms with E-state index in [0.29, 0.717) is 36.4 Å². The molecule has 0 spiro atoms. The van der Waals surface area contributed by atoms with Crippen molar-refractivity contribution in [3.05, 3.63) is 53.6 Å². The van der Waals surface area contributed by atoms with E-state index in [1.54, 1.807) is 29.2 Å².